The monoisotopic (exact) mass is 410 g/mol. The maximum Gasteiger partial charge on any atom is 0.338 e. The highest BCUT2D eigenvalue weighted by Crippen LogP contribution is 2.33. The van der Waals surface area contributed by atoms with Crippen LogP contribution in [0.1, 0.15) is 30.1 Å². The average molecular weight is 410 g/mol. The molecule has 2 aliphatic rings. The Kier molecular flexibility index (Phi) is 5.56. The molecular formula is C22H22N2O6. The molecule has 1 aliphatic heterocycles. The zero-order valence-electron chi connectivity index (χ0n) is 16.5. The van der Waals surface area contributed by atoms with E-state index in [4.69, 9.17) is 14.2 Å². The SMILES string of the molecule is CC(OC(=O)c1cccc(NC(=O)C2CC2)c1)C(=O)Nc1ccc2c(c1)OCCO2. The Labute approximate surface area is 173 Å². The first-order valence-electron chi connectivity index (χ1n) is 9.82. The van der Waals surface area contributed by atoms with Crippen molar-refractivity contribution in [2.24, 2.45) is 5.92 Å². The van der Waals surface area contributed by atoms with Gasteiger partial charge in [-0.05, 0) is 50.1 Å². The van der Waals surface area contributed by atoms with Crippen molar-refractivity contribution in [2.45, 2.75) is 25.9 Å². The molecule has 4 rings (SSSR count). The lowest BCUT2D eigenvalue weighted by atomic mass is 10.2. The molecule has 2 aromatic carbocycles. The number of rotatable bonds is 6. The lowest BCUT2D eigenvalue weighted by molar-refractivity contribution is -0.123. The molecule has 1 unspecified atom stereocenters. The molecule has 1 saturated carbocycles. The van der Waals surface area contributed by atoms with Gasteiger partial charge in [0.1, 0.15) is 13.2 Å². The van der Waals surface area contributed by atoms with E-state index in [1.165, 1.54) is 13.0 Å². The Morgan fingerprint density at radius 3 is 2.47 bits per heavy atom. The van der Waals surface area contributed by atoms with Gasteiger partial charge < -0.3 is 24.8 Å². The van der Waals surface area contributed by atoms with Crippen molar-refractivity contribution in [1.82, 2.24) is 0 Å². The molecular weight excluding hydrogens is 388 g/mol. The number of fused-ring (bicyclic) bond motifs is 1. The highest BCUT2D eigenvalue weighted by molar-refractivity contribution is 5.99. The molecule has 2 N–H and O–H groups in total. The summed E-state index contributed by atoms with van der Waals surface area (Å²) in [5.41, 5.74) is 1.29. The normalized spacial score (nSPS) is 15.6. The van der Waals surface area contributed by atoms with Crippen LogP contribution in [0.15, 0.2) is 42.5 Å². The Morgan fingerprint density at radius 2 is 1.70 bits per heavy atom. The smallest absolute Gasteiger partial charge is 0.338 e. The van der Waals surface area contributed by atoms with Crippen molar-refractivity contribution in [1.29, 1.82) is 0 Å². The molecule has 0 bridgehead atoms. The topological polar surface area (TPSA) is 103 Å². The van der Waals surface area contributed by atoms with Crippen LogP contribution < -0.4 is 20.1 Å². The van der Waals surface area contributed by atoms with E-state index in [-0.39, 0.29) is 17.4 Å². The summed E-state index contributed by atoms with van der Waals surface area (Å²) >= 11 is 0. The van der Waals surface area contributed by atoms with Crippen molar-refractivity contribution in [3.63, 3.8) is 0 Å². The van der Waals surface area contributed by atoms with E-state index in [2.05, 4.69) is 10.6 Å². The summed E-state index contributed by atoms with van der Waals surface area (Å²) < 4.78 is 16.2. The fourth-order valence-corrected chi connectivity index (χ4v) is 2.96. The summed E-state index contributed by atoms with van der Waals surface area (Å²) in [5.74, 6) is 0.0549. The van der Waals surface area contributed by atoms with Gasteiger partial charge in [-0.25, -0.2) is 4.79 Å². The van der Waals surface area contributed by atoms with Crippen molar-refractivity contribution in [3.05, 3.63) is 48.0 Å². The molecule has 8 heteroatoms. The summed E-state index contributed by atoms with van der Waals surface area (Å²) in [6.45, 7) is 2.42. The molecule has 8 nitrogen and oxygen atoms in total. The summed E-state index contributed by atoms with van der Waals surface area (Å²) in [5, 5.41) is 5.48. The predicted octanol–water partition coefficient (Wildman–Crippen LogP) is 2.99. The summed E-state index contributed by atoms with van der Waals surface area (Å²) in [4.78, 5) is 36.7. The van der Waals surface area contributed by atoms with Crippen molar-refractivity contribution in [2.75, 3.05) is 23.8 Å². The molecule has 0 saturated heterocycles. The number of benzene rings is 2. The molecule has 0 aromatic heterocycles. The predicted molar refractivity (Wildman–Crippen MR) is 109 cm³/mol. The fourth-order valence-electron chi connectivity index (χ4n) is 2.96. The Balaban J connectivity index is 1.34. The van der Waals surface area contributed by atoms with Crippen LogP contribution in [0.3, 0.4) is 0 Å². The maximum atomic E-state index is 12.4. The van der Waals surface area contributed by atoms with Crippen LogP contribution in [0.5, 0.6) is 11.5 Å². The van der Waals surface area contributed by atoms with Crippen LogP contribution >= 0.6 is 0 Å². The minimum absolute atomic E-state index is 0.0484. The van der Waals surface area contributed by atoms with Crippen molar-refractivity contribution < 1.29 is 28.6 Å². The van der Waals surface area contributed by atoms with Crippen LogP contribution in [0.2, 0.25) is 0 Å². The molecule has 0 radical (unpaired) electrons. The van der Waals surface area contributed by atoms with Crippen LogP contribution in [0.25, 0.3) is 0 Å². The van der Waals surface area contributed by atoms with Gasteiger partial charge in [0.25, 0.3) is 5.91 Å². The van der Waals surface area contributed by atoms with E-state index in [1.807, 2.05) is 0 Å². The quantitative estimate of drug-likeness (QED) is 0.710. The van der Waals surface area contributed by atoms with Gasteiger partial charge >= 0.3 is 5.97 Å². The second-order valence-corrected chi connectivity index (χ2v) is 7.24. The second kappa shape index (κ2) is 8.44. The van der Waals surface area contributed by atoms with Crippen LogP contribution in [-0.2, 0) is 14.3 Å². The Bertz CT molecular complexity index is 985. The van der Waals surface area contributed by atoms with E-state index < -0.39 is 18.0 Å². The third-order valence-corrected chi connectivity index (χ3v) is 4.78. The molecule has 2 aromatic rings. The van der Waals surface area contributed by atoms with E-state index >= 15 is 0 Å². The number of anilines is 2. The molecule has 30 heavy (non-hydrogen) atoms. The fraction of sp³-hybridized carbons (Fsp3) is 0.318. The Hall–Kier alpha value is -3.55. The number of nitrogens with one attached hydrogen (secondary N) is 2. The minimum Gasteiger partial charge on any atom is -0.486 e. The second-order valence-electron chi connectivity index (χ2n) is 7.24. The first-order valence-corrected chi connectivity index (χ1v) is 9.82. The number of hydrogen-bond donors (Lipinski definition) is 2. The number of amides is 2. The summed E-state index contributed by atoms with van der Waals surface area (Å²) in [6, 6.07) is 11.5. The average Bonchev–Trinajstić information content (AvgIpc) is 3.59. The van der Waals surface area contributed by atoms with Gasteiger partial charge in [0.2, 0.25) is 5.91 Å². The molecule has 1 atom stereocenters. The molecule has 1 aliphatic carbocycles. The standard InChI is InChI=1S/C22H22N2O6/c1-13(20(25)23-17-7-8-18-19(12-17)29-10-9-28-18)30-22(27)15-3-2-4-16(11-15)24-21(26)14-5-6-14/h2-4,7-8,11-14H,5-6,9-10H2,1H3,(H,23,25)(H,24,26). The first-order chi connectivity index (χ1) is 14.5. The third-order valence-electron chi connectivity index (χ3n) is 4.78. The summed E-state index contributed by atoms with van der Waals surface area (Å²) in [7, 11) is 0. The van der Waals surface area contributed by atoms with Crippen LogP contribution in [-0.4, -0.2) is 37.1 Å². The molecule has 1 fully saturated rings. The molecule has 0 spiro atoms. The zero-order chi connectivity index (χ0) is 21.1. The van der Waals surface area contributed by atoms with Gasteiger partial charge in [-0.2, -0.15) is 0 Å². The maximum absolute atomic E-state index is 12.4. The molecule has 2 amide bonds. The number of carbonyl (C=O) groups is 3. The van der Waals surface area contributed by atoms with Gasteiger partial charge in [-0.1, -0.05) is 6.07 Å². The minimum atomic E-state index is -1.02. The van der Waals surface area contributed by atoms with Crippen molar-refractivity contribution >= 4 is 29.2 Å². The Morgan fingerprint density at radius 1 is 0.967 bits per heavy atom. The first kappa shape index (κ1) is 19.8. The summed E-state index contributed by atoms with van der Waals surface area (Å²) in [6.07, 6.45) is 0.767. The highest BCUT2D eigenvalue weighted by Gasteiger charge is 2.29. The van der Waals surface area contributed by atoms with E-state index in [0.717, 1.165) is 12.8 Å². The van der Waals surface area contributed by atoms with Gasteiger partial charge in [0.05, 0.1) is 5.56 Å². The lowest BCUT2D eigenvalue weighted by Crippen LogP contribution is -2.30. The number of esters is 1. The van der Waals surface area contributed by atoms with E-state index in [9.17, 15) is 14.4 Å². The number of hydrogen-bond acceptors (Lipinski definition) is 6. The van der Waals surface area contributed by atoms with E-state index in [1.54, 1.807) is 36.4 Å². The molecule has 156 valence electrons. The third kappa shape index (κ3) is 4.71. The van der Waals surface area contributed by atoms with Gasteiger partial charge in [-0.15, -0.1) is 0 Å². The largest absolute Gasteiger partial charge is 0.486 e. The number of carbonyl (C=O) groups excluding carboxylic acids is 3. The van der Waals surface area contributed by atoms with Crippen LogP contribution in [0, 0.1) is 5.92 Å². The van der Waals surface area contributed by atoms with Gasteiger partial charge in [-0.3, -0.25) is 9.59 Å². The number of ether oxygens (including phenoxy) is 3. The van der Waals surface area contributed by atoms with Gasteiger partial charge in [0.15, 0.2) is 17.6 Å². The zero-order valence-corrected chi connectivity index (χ0v) is 16.5. The molecule has 1 heterocycles. The van der Waals surface area contributed by atoms with Gasteiger partial charge in [0, 0.05) is 23.4 Å². The van der Waals surface area contributed by atoms with Crippen molar-refractivity contribution in [3.8, 4) is 11.5 Å². The van der Waals surface area contributed by atoms with Crippen LogP contribution in [0.4, 0.5) is 11.4 Å². The van der Waals surface area contributed by atoms with E-state index in [0.29, 0.717) is 36.1 Å². The lowest BCUT2D eigenvalue weighted by Gasteiger charge is -2.19. The highest BCUT2D eigenvalue weighted by atomic mass is 16.6.